The number of nitrogens with zero attached hydrogens (tertiary/aromatic N) is 1. The number of halogens is 1. The number of aromatic nitrogens is 1. The molecule has 3 aromatic rings. The van der Waals surface area contributed by atoms with Gasteiger partial charge in [-0.3, -0.25) is 4.79 Å². The third-order valence-electron chi connectivity index (χ3n) is 4.39. The zero-order valence-electron chi connectivity index (χ0n) is 15.0. The normalized spacial score (nSPS) is 12.0. The molecule has 1 unspecified atom stereocenters. The van der Waals surface area contributed by atoms with Crippen LogP contribution in [-0.2, 0) is 0 Å². The molecule has 4 nitrogen and oxygen atoms in total. The average Bonchev–Trinajstić information content (AvgIpc) is 3.03. The first-order chi connectivity index (χ1) is 12.5. The number of benzene rings is 2. The zero-order chi connectivity index (χ0) is 18.7. The molecule has 0 bridgehead atoms. The molecule has 5 heteroatoms. The Labute approximate surface area is 152 Å². The van der Waals surface area contributed by atoms with E-state index in [2.05, 4.69) is 10.5 Å². The van der Waals surface area contributed by atoms with Gasteiger partial charge in [0.1, 0.15) is 17.3 Å². The Morgan fingerprint density at radius 2 is 1.92 bits per heavy atom. The molecule has 1 aromatic heterocycles. The van der Waals surface area contributed by atoms with Crippen LogP contribution in [0.25, 0.3) is 22.4 Å². The summed E-state index contributed by atoms with van der Waals surface area (Å²) in [5.41, 5.74) is 3.48. The van der Waals surface area contributed by atoms with E-state index < -0.39 is 0 Å². The average molecular weight is 352 g/mol. The second kappa shape index (κ2) is 7.52. The minimum atomic E-state index is -0.314. The molecule has 1 heterocycles. The molecule has 0 radical (unpaired) electrons. The number of hydrogen-bond acceptors (Lipinski definition) is 3. The number of carbonyl (C=O) groups excluding carboxylic acids is 1. The predicted octanol–water partition coefficient (Wildman–Crippen LogP) is 4.98. The molecule has 0 aliphatic carbocycles. The Hall–Kier alpha value is -2.95. The zero-order valence-corrected chi connectivity index (χ0v) is 15.0. The van der Waals surface area contributed by atoms with Crippen LogP contribution in [0.5, 0.6) is 0 Å². The van der Waals surface area contributed by atoms with Gasteiger partial charge in [0.15, 0.2) is 0 Å². The van der Waals surface area contributed by atoms with Gasteiger partial charge in [0.2, 0.25) is 0 Å². The van der Waals surface area contributed by atoms with Crippen LogP contribution in [-0.4, -0.2) is 17.1 Å². The monoisotopic (exact) mass is 352 g/mol. The highest BCUT2D eigenvalue weighted by Gasteiger charge is 2.17. The molecule has 2 aromatic carbocycles. The lowest BCUT2D eigenvalue weighted by Gasteiger charge is -2.11. The van der Waals surface area contributed by atoms with Gasteiger partial charge in [-0.25, -0.2) is 4.39 Å². The number of amides is 1. The summed E-state index contributed by atoms with van der Waals surface area (Å²) in [6, 6.07) is 13.6. The standard InChI is InChI=1S/C21H21FN2O2/c1-4-13(2)23-21(25)16-10-8-15(9-11-16)20-19(14(3)26-24-20)17-6-5-7-18(22)12-17/h5-13H,4H2,1-3H3,(H,23,25). The Balaban J connectivity index is 1.92. The Bertz CT molecular complexity index is 916. The summed E-state index contributed by atoms with van der Waals surface area (Å²) >= 11 is 0. The largest absolute Gasteiger partial charge is 0.360 e. The van der Waals surface area contributed by atoms with Crippen molar-refractivity contribution in [3.8, 4) is 22.4 Å². The van der Waals surface area contributed by atoms with Crippen LogP contribution < -0.4 is 5.32 Å². The maximum absolute atomic E-state index is 13.6. The van der Waals surface area contributed by atoms with Gasteiger partial charge in [0.05, 0.1) is 5.56 Å². The topological polar surface area (TPSA) is 55.1 Å². The molecule has 1 atom stereocenters. The molecule has 0 aliphatic heterocycles. The molecule has 0 fully saturated rings. The summed E-state index contributed by atoms with van der Waals surface area (Å²) in [6.07, 6.45) is 0.874. The van der Waals surface area contributed by atoms with E-state index >= 15 is 0 Å². The van der Waals surface area contributed by atoms with Crippen molar-refractivity contribution >= 4 is 5.91 Å². The van der Waals surface area contributed by atoms with Gasteiger partial charge in [0, 0.05) is 17.2 Å². The number of hydrogen-bond donors (Lipinski definition) is 1. The highest BCUT2D eigenvalue weighted by Crippen LogP contribution is 2.34. The van der Waals surface area contributed by atoms with Crippen molar-refractivity contribution in [2.45, 2.75) is 33.2 Å². The van der Waals surface area contributed by atoms with Crippen molar-refractivity contribution < 1.29 is 13.7 Å². The highest BCUT2D eigenvalue weighted by molar-refractivity contribution is 5.95. The quantitative estimate of drug-likeness (QED) is 0.704. The summed E-state index contributed by atoms with van der Waals surface area (Å²) in [5, 5.41) is 7.07. The lowest BCUT2D eigenvalue weighted by atomic mass is 9.98. The lowest BCUT2D eigenvalue weighted by Crippen LogP contribution is -2.31. The fourth-order valence-corrected chi connectivity index (χ4v) is 2.74. The van der Waals surface area contributed by atoms with Gasteiger partial charge in [-0.2, -0.15) is 0 Å². The van der Waals surface area contributed by atoms with Gasteiger partial charge < -0.3 is 9.84 Å². The van der Waals surface area contributed by atoms with Gasteiger partial charge >= 0.3 is 0 Å². The smallest absolute Gasteiger partial charge is 0.251 e. The van der Waals surface area contributed by atoms with E-state index in [1.807, 2.05) is 32.0 Å². The first-order valence-corrected chi connectivity index (χ1v) is 8.63. The molecule has 0 saturated carbocycles. The highest BCUT2D eigenvalue weighted by atomic mass is 19.1. The van der Waals surface area contributed by atoms with Crippen molar-refractivity contribution in [2.75, 3.05) is 0 Å². The molecular formula is C21H21FN2O2. The van der Waals surface area contributed by atoms with Crippen LogP contribution >= 0.6 is 0 Å². The van der Waals surface area contributed by atoms with Gasteiger partial charge in [-0.15, -0.1) is 0 Å². The third kappa shape index (κ3) is 3.67. The third-order valence-corrected chi connectivity index (χ3v) is 4.39. The Morgan fingerprint density at radius 1 is 1.19 bits per heavy atom. The van der Waals surface area contributed by atoms with E-state index in [0.717, 1.165) is 17.5 Å². The van der Waals surface area contributed by atoms with E-state index in [9.17, 15) is 9.18 Å². The lowest BCUT2D eigenvalue weighted by molar-refractivity contribution is 0.0939. The maximum atomic E-state index is 13.6. The summed E-state index contributed by atoms with van der Waals surface area (Å²) in [5.74, 6) is 0.197. The fraction of sp³-hybridized carbons (Fsp3) is 0.238. The number of nitrogens with one attached hydrogen (secondary N) is 1. The molecule has 134 valence electrons. The molecule has 1 amide bonds. The van der Waals surface area contributed by atoms with Gasteiger partial charge in [0.25, 0.3) is 5.91 Å². The van der Waals surface area contributed by atoms with Crippen LogP contribution in [0.1, 0.15) is 36.4 Å². The summed E-state index contributed by atoms with van der Waals surface area (Å²) in [7, 11) is 0. The predicted molar refractivity (Wildman–Crippen MR) is 99.3 cm³/mol. The second-order valence-corrected chi connectivity index (χ2v) is 6.33. The van der Waals surface area contributed by atoms with E-state index in [4.69, 9.17) is 4.52 Å². The van der Waals surface area contributed by atoms with Gasteiger partial charge in [-0.05, 0) is 50.1 Å². The van der Waals surface area contributed by atoms with Crippen molar-refractivity contribution in [1.82, 2.24) is 10.5 Å². The van der Waals surface area contributed by atoms with Crippen LogP contribution in [0, 0.1) is 12.7 Å². The molecule has 0 spiro atoms. The molecule has 1 N–H and O–H groups in total. The summed E-state index contributed by atoms with van der Waals surface area (Å²) < 4.78 is 18.9. The Morgan fingerprint density at radius 3 is 2.58 bits per heavy atom. The van der Waals surface area contributed by atoms with Crippen LogP contribution in [0.3, 0.4) is 0 Å². The maximum Gasteiger partial charge on any atom is 0.251 e. The van der Waals surface area contributed by atoms with E-state index in [0.29, 0.717) is 22.6 Å². The van der Waals surface area contributed by atoms with Crippen molar-refractivity contribution in [2.24, 2.45) is 0 Å². The second-order valence-electron chi connectivity index (χ2n) is 6.33. The summed E-state index contributed by atoms with van der Waals surface area (Å²) in [4.78, 5) is 12.2. The summed E-state index contributed by atoms with van der Waals surface area (Å²) in [6.45, 7) is 5.79. The van der Waals surface area contributed by atoms with E-state index in [1.54, 1.807) is 25.1 Å². The van der Waals surface area contributed by atoms with Crippen molar-refractivity contribution in [3.05, 3.63) is 65.7 Å². The molecule has 0 aliphatic rings. The van der Waals surface area contributed by atoms with E-state index in [-0.39, 0.29) is 17.8 Å². The SMILES string of the molecule is CCC(C)NC(=O)c1ccc(-c2noc(C)c2-c2cccc(F)c2)cc1. The fourth-order valence-electron chi connectivity index (χ4n) is 2.74. The number of aryl methyl sites for hydroxylation is 1. The number of rotatable bonds is 5. The van der Waals surface area contributed by atoms with Crippen LogP contribution in [0.2, 0.25) is 0 Å². The minimum absolute atomic E-state index is 0.104. The first kappa shape index (κ1) is 17.9. The molecule has 26 heavy (non-hydrogen) atoms. The van der Waals surface area contributed by atoms with Crippen molar-refractivity contribution in [3.63, 3.8) is 0 Å². The van der Waals surface area contributed by atoms with E-state index in [1.165, 1.54) is 12.1 Å². The molecule has 0 saturated heterocycles. The molecule has 3 rings (SSSR count). The molecular weight excluding hydrogens is 331 g/mol. The van der Waals surface area contributed by atoms with Gasteiger partial charge in [-0.1, -0.05) is 36.3 Å². The number of carbonyl (C=O) groups is 1. The minimum Gasteiger partial charge on any atom is -0.360 e. The van der Waals surface area contributed by atoms with Crippen molar-refractivity contribution in [1.29, 1.82) is 0 Å². The van der Waals surface area contributed by atoms with Crippen LogP contribution in [0.15, 0.2) is 53.1 Å². The van der Waals surface area contributed by atoms with Crippen LogP contribution in [0.4, 0.5) is 4.39 Å². The Kier molecular flexibility index (Phi) is 5.16. The first-order valence-electron chi connectivity index (χ1n) is 8.63.